The van der Waals surface area contributed by atoms with Gasteiger partial charge in [0.05, 0.1) is 5.41 Å². The molecule has 1 atom stereocenters. The van der Waals surface area contributed by atoms with Crippen molar-refractivity contribution in [3.8, 4) is 5.75 Å². The number of ether oxygens (including phenoxy) is 1. The lowest BCUT2D eigenvalue weighted by Gasteiger charge is -2.41. The first-order valence-corrected chi connectivity index (χ1v) is 4.95. The number of hydrogen-bond donors (Lipinski definition) is 0. The quantitative estimate of drug-likeness (QED) is 0.746. The molecule has 0 aromatic heterocycles. The summed E-state index contributed by atoms with van der Waals surface area (Å²) in [6.07, 6.45) is 0.288. The fraction of sp³-hybridized carbons (Fsp3) is 0.417. The predicted octanol–water partition coefficient (Wildman–Crippen LogP) is 2.57. The van der Waals surface area contributed by atoms with Crippen LogP contribution in [-0.4, -0.2) is 11.9 Å². The first kappa shape index (κ1) is 10.1. The van der Waals surface area contributed by atoms with Crippen LogP contribution >= 0.6 is 0 Å². The van der Waals surface area contributed by atoms with Crippen molar-refractivity contribution in [1.29, 1.82) is 0 Å². The van der Waals surface area contributed by atoms with Crippen LogP contribution in [0.15, 0.2) is 24.3 Å². The summed E-state index contributed by atoms with van der Waals surface area (Å²) < 4.78 is 18.4. The van der Waals surface area contributed by atoms with Crippen LogP contribution < -0.4 is 4.74 Å². The normalized spacial score (nSPS) is 23.4. The van der Waals surface area contributed by atoms with Crippen LogP contribution in [0.2, 0.25) is 0 Å². The minimum Gasteiger partial charge on any atom is -0.489 e. The van der Waals surface area contributed by atoms with Crippen molar-refractivity contribution in [2.45, 2.75) is 26.4 Å². The molecular weight excluding hydrogens is 195 g/mol. The van der Waals surface area contributed by atoms with Gasteiger partial charge in [-0.25, -0.2) is 4.39 Å². The summed E-state index contributed by atoms with van der Waals surface area (Å²) in [5, 5.41) is 0. The Labute approximate surface area is 88.1 Å². The zero-order valence-corrected chi connectivity index (χ0v) is 8.79. The van der Waals surface area contributed by atoms with Crippen LogP contribution in [0.4, 0.5) is 4.39 Å². The molecule has 15 heavy (non-hydrogen) atoms. The number of hydrogen-bond acceptors (Lipinski definition) is 2. The maximum Gasteiger partial charge on any atom is 0.145 e. The molecule has 0 heterocycles. The number of benzene rings is 1. The van der Waals surface area contributed by atoms with E-state index in [0.29, 0.717) is 12.2 Å². The molecule has 1 aromatic rings. The Balaban J connectivity index is 2.08. The summed E-state index contributed by atoms with van der Waals surface area (Å²) in [5.74, 6) is 0.362. The van der Waals surface area contributed by atoms with E-state index in [1.165, 1.54) is 12.1 Å². The third kappa shape index (κ3) is 1.74. The van der Waals surface area contributed by atoms with Crippen LogP contribution in [0, 0.1) is 11.2 Å². The summed E-state index contributed by atoms with van der Waals surface area (Å²) >= 11 is 0. The molecule has 1 aliphatic carbocycles. The molecule has 1 aliphatic rings. The molecule has 2 nitrogen and oxygen atoms in total. The van der Waals surface area contributed by atoms with Crippen LogP contribution in [0.25, 0.3) is 0 Å². The van der Waals surface area contributed by atoms with Crippen molar-refractivity contribution in [2.24, 2.45) is 5.41 Å². The van der Waals surface area contributed by atoms with Gasteiger partial charge in [-0.05, 0) is 26.0 Å². The van der Waals surface area contributed by atoms with E-state index < -0.39 is 5.41 Å². The minimum atomic E-state index is -0.438. The largest absolute Gasteiger partial charge is 0.489 e. The zero-order chi connectivity index (χ0) is 11.1. The fourth-order valence-electron chi connectivity index (χ4n) is 1.63. The lowest BCUT2D eigenvalue weighted by atomic mass is 9.68. The smallest absolute Gasteiger partial charge is 0.145 e. The van der Waals surface area contributed by atoms with E-state index in [-0.39, 0.29) is 17.7 Å². The van der Waals surface area contributed by atoms with Crippen molar-refractivity contribution in [2.75, 3.05) is 0 Å². The summed E-state index contributed by atoms with van der Waals surface area (Å²) in [4.78, 5) is 11.3. The molecule has 1 unspecified atom stereocenters. The van der Waals surface area contributed by atoms with Crippen LogP contribution in [-0.2, 0) is 4.79 Å². The lowest BCUT2D eigenvalue weighted by Crippen LogP contribution is -2.52. The van der Waals surface area contributed by atoms with Gasteiger partial charge in [-0.15, -0.1) is 0 Å². The highest BCUT2D eigenvalue weighted by atomic mass is 19.1. The van der Waals surface area contributed by atoms with Crippen molar-refractivity contribution in [3.05, 3.63) is 30.1 Å². The van der Waals surface area contributed by atoms with Gasteiger partial charge in [-0.3, -0.25) is 4.79 Å². The fourth-order valence-corrected chi connectivity index (χ4v) is 1.63. The highest BCUT2D eigenvalue weighted by Crippen LogP contribution is 2.39. The van der Waals surface area contributed by atoms with Gasteiger partial charge in [-0.2, -0.15) is 0 Å². The number of carbonyl (C=O) groups excluding carboxylic acids is 1. The SMILES string of the molecule is CC1(C)C(=O)CC1Oc1cccc(F)c1. The molecule has 0 amide bonds. The summed E-state index contributed by atoms with van der Waals surface area (Å²) in [5.41, 5.74) is -0.438. The Morgan fingerprint density at radius 1 is 1.47 bits per heavy atom. The third-order valence-electron chi connectivity index (χ3n) is 2.97. The molecule has 2 rings (SSSR count). The average molecular weight is 208 g/mol. The van der Waals surface area contributed by atoms with Gasteiger partial charge in [-0.1, -0.05) is 6.07 Å². The maximum absolute atomic E-state index is 12.9. The van der Waals surface area contributed by atoms with Gasteiger partial charge in [0, 0.05) is 12.5 Å². The molecular formula is C12H13FO2. The van der Waals surface area contributed by atoms with Crippen LogP contribution in [0.5, 0.6) is 5.75 Å². The minimum absolute atomic E-state index is 0.133. The van der Waals surface area contributed by atoms with E-state index in [1.54, 1.807) is 12.1 Å². The predicted molar refractivity (Wildman–Crippen MR) is 54.2 cm³/mol. The number of Topliss-reactive ketones (excluding diaryl/α,β-unsaturated/α-hetero) is 1. The molecule has 0 saturated heterocycles. The summed E-state index contributed by atoms with van der Waals surface area (Å²) in [6.45, 7) is 3.70. The van der Waals surface area contributed by atoms with Crippen LogP contribution in [0.1, 0.15) is 20.3 Å². The van der Waals surface area contributed by atoms with E-state index in [9.17, 15) is 9.18 Å². The number of carbonyl (C=O) groups is 1. The average Bonchev–Trinajstić information content (AvgIpc) is 2.17. The standard InChI is InChI=1S/C12H13FO2/c1-12(2)10(14)7-11(12)15-9-5-3-4-8(13)6-9/h3-6,11H,7H2,1-2H3. The second kappa shape index (κ2) is 3.33. The Bertz CT molecular complexity index is 398. The van der Waals surface area contributed by atoms with E-state index in [4.69, 9.17) is 4.74 Å². The molecule has 1 fully saturated rings. The summed E-state index contributed by atoms with van der Waals surface area (Å²) in [7, 11) is 0. The van der Waals surface area contributed by atoms with Crippen molar-refractivity contribution in [3.63, 3.8) is 0 Å². The number of halogens is 1. The number of ketones is 1. The monoisotopic (exact) mass is 208 g/mol. The molecule has 1 aromatic carbocycles. The molecule has 0 N–H and O–H groups in total. The molecule has 3 heteroatoms. The van der Waals surface area contributed by atoms with E-state index >= 15 is 0 Å². The number of rotatable bonds is 2. The Morgan fingerprint density at radius 2 is 2.20 bits per heavy atom. The van der Waals surface area contributed by atoms with Crippen molar-refractivity contribution >= 4 is 5.78 Å². The van der Waals surface area contributed by atoms with Gasteiger partial charge in [0.25, 0.3) is 0 Å². The van der Waals surface area contributed by atoms with Gasteiger partial charge >= 0.3 is 0 Å². The summed E-state index contributed by atoms with van der Waals surface area (Å²) in [6, 6.07) is 5.99. The zero-order valence-electron chi connectivity index (χ0n) is 8.79. The van der Waals surface area contributed by atoms with Crippen LogP contribution in [0.3, 0.4) is 0 Å². The molecule has 0 radical (unpaired) electrons. The highest BCUT2D eigenvalue weighted by molar-refractivity contribution is 5.91. The van der Waals surface area contributed by atoms with E-state index in [1.807, 2.05) is 13.8 Å². The van der Waals surface area contributed by atoms with Crippen molar-refractivity contribution < 1.29 is 13.9 Å². The molecule has 0 bridgehead atoms. The second-order valence-electron chi connectivity index (χ2n) is 4.41. The van der Waals surface area contributed by atoms with Gasteiger partial charge in [0.2, 0.25) is 0 Å². The van der Waals surface area contributed by atoms with E-state index in [2.05, 4.69) is 0 Å². The topological polar surface area (TPSA) is 26.3 Å². The first-order chi connectivity index (χ1) is 7.00. The lowest BCUT2D eigenvalue weighted by molar-refractivity contribution is -0.148. The second-order valence-corrected chi connectivity index (χ2v) is 4.41. The molecule has 0 aliphatic heterocycles. The highest BCUT2D eigenvalue weighted by Gasteiger charge is 2.49. The Hall–Kier alpha value is -1.38. The maximum atomic E-state index is 12.9. The Morgan fingerprint density at radius 3 is 2.73 bits per heavy atom. The first-order valence-electron chi connectivity index (χ1n) is 4.95. The van der Waals surface area contributed by atoms with E-state index in [0.717, 1.165) is 0 Å². The molecule has 80 valence electrons. The third-order valence-corrected chi connectivity index (χ3v) is 2.97. The van der Waals surface area contributed by atoms with Gasteiger partial charge in [0.15, 0.2) is 0 Å². The molecule has 1 saturated carbocycles. The molecule has 0 spiro atoms. The van der Waals surface area contributed by atoms with Gasteiger partial charge < -0.3 is 4.74 Å². The van der Waals surface area contributed by atoms with Crippen molar-refractivity contribution in [1.82, 2.24) is 0 Å². The Kier molecular flexibility index (Phi) is 2.25. The van der Waals surface area contributed by atoms with Gasteiger partial charge in [0.1, 0.15) is 23.5 Å².